The quantitative estimate of drug-likeness (QED) is 0.732. The van der Waals surface area contributed by atoms with E-state index in [2.05, 4.69) is 4.98 Å². The normalized spacial score (nSPS) is 19.2. The van der Waals surface area contributed by atoms with Gasteiger partial charge >= 0.3 is 0 Å². The number of piperazine rings is 1. The molecule has 1 aromatic heterocycles. The minimum atomic E-state index is -2.71. The summed E-state index contributed by atoms with van der Waals surface area (Å²) in [6.45, 7) is 0.416. The number of aromatic nitrogens is 1. The number of aromatic amines is 1. The number of hydrogen-bond donors (Lipinski definition) is 1. The van der Waals surface area contributed by atoms with Crippen LogP contribution in [0.5, 0.6) is 0 Å². The van der Waals surface area contributed by atoms with Gasteiger partial charge in [-0.1, -0.05) is 11.6 Å². The number of hydrogen-bond acceptors (Lipinski definition) is 3. The molecule has 2 amide bonds. The van der Waals surface area contributed by atoms with Crippen LogP contribution < -0.4 is 0 Å². The Morgan fingerprint density at radius 1 is 1.13 bits per heavy atom. The minimum absolute atomic E-state index is 0.156. The van der Waals surface area contributed by atoms with E-state index in [-0.39, 0.29) is 68.1 Å². The molecule has 1 N–H and O–H groups in total. The maximum absolute atomic E-state index is 14.7. The molecule has 2 aliphatic rings. The first kappa shape index (κ1) is 20.9. The van der Waals surface area contributed by atoms with Gasteiger partial charge in [0.2, 0.25) is 5.91 Å². The van der Waals surface area contributed by atoms with Crippen LogP contribution in [-0.2, 0) is 9.53 Å². The Balaban J connectivity index is 1.34. The fourth-order valence-corrected chi connectivity index (χ4v) is 3.90. The average molecular weight is 448 g/mol. The zero-order valence-electron chi connectivity index (χ0n) is 15.7. The number of ether oxygens (including phenoxy) is 1. The number of amides is 2. The van der Waals surface area contributed by atoms with Gasteiger partial charge in [0, 0.05) is 39.0 Å². The third-order valence-corrected chi connectivity index (χ3v) is 5.79. The molecule has 6 nitrogen and oxygen atoms in total. The number of carbonyl (C=O) groups excluding carboxylic acids is 2. The second-order valence-corrected chi connectivity index (χ2v) is 7.85. The van der Waals surface area contributed by atoms with Crippen LogP contribution in [0.15, 0.2) is 12.1 Å². The highest BCUT2D eigenvalue weighted by molar-refractivity contribution is 6.35. The van der Waals surface area contributed by atoms with E-state index in [0.717, 1.165) is 6.07 Å². The first-order valence-corrected chi connectivity index (χ1v) is 9.76. The van der Waals surface area contributed by atoms with Crippen LogP contribution in [0.25, 0.3) is 10.9 Å². The number of carbonyl (C=O) groups is 2. The Morgan fingerprint density at radius 3 is 2.40 bits per heavy atom. The van der Waals surface area contributed by atoms with Crippen LogP contribution in [0, 0.1) is 11.6 Å². The molecule has 11 heteroatoms. The van der Waals surface area contributed by atoms with E-state index in [9.17, 15) is 27.2 Å². The molecule has 0 atom stereocenters. The number of halogens is 5. The highest BCUT2D eigenvalue weighted by Gasteiger charge is 2.46. The molecule has 0 unspecified atom stereocenters. The molecule has 0 radical (unpaired) electrons. The van der Waals surface area contributed by atoms with Crippen molar-refractivity contribution >= 4 is 34.3 Å². The topological polar surface area (TPSA) is 65.6 Å². The molecule has 2 fully saturated rings. The van der Waals surface area contributed by atoms with E-state index in [1.165, 1.54) is 15.9 Å². The number of nitrogens with one attached hydrogen (secondary N) is 1. The smallest absolute Gasteiger partial charge is 0.273 e. The molecular formula is C19H18ClF4N3O3. The Morgan fingerprint density at radius 2 is 1.77 bits per heavy atom. The molecule has 2 heterocycles. The van der Waals surface area contributed by atoms with E-state index in [0.29, 0.717) is 0 Å². The summed E-state index contributed by atoms with van der Waals surface area (Å²) < 4.78 is 59.1. The lowest BCUT2D eigenvalue weighted by atomic mass is 9.91. The van der Waals surface area contributed by atoms with Gasteiger partial charge in [-0.05, 0) is 12.1 Å². The van der Waals surface area contributed by atoms with Crippen LogP contribution in [0.2, 0.25) is 5.02 Å². The van der Waals surface area contributed by atoms with Gasteiger partial charge < -0.3 is 19.5 Å². The van der Waals surface area contributed by atoms with Gasteiger partial charge in [0.05, 0.1) is 22.0 Å². The summed E-state index contributed by atoms with van der Waals surface area (Å²) in [5.41, 5.74) is -0.124. The highest BCUT2D eigenvalue weighted by atomic mass is 35.5. The molecule has 2 aromatic rings. The maximum Gasteiger partial charge on any atom is 0.273 e. The number of alkyl halides is 2. The Labute approximate surface area is 173 Å². The average Bonchev–Trinajstić information content (AvgIpc) is 3.04. The highest BCUT2D eigenvalue weighted by Crippen LogP contribution is 2.39. The predicted molar refractivity (Wildman–Crippen MR) is 99.6 cm³/mol. The Hall–Kier alpha value is -2.33. The molecular weight excluding hydrogens is 430 g/mol. The maximum atomic E-state index is 14.7. The van der Waals surface area contributed by atoms with E-state index < -0.39 is 34.6 Å². The van der Waals surface area contributed by atoms with Crippen LogP contribution in [0.4, 0.5) is 17.6 Å². The number of fused-ring (bicyclic) bond motifs is 1. The minimum Gasteiger partial charge on any atom is -0.368 e. The van der Waals surface area contributed by atoms with Crippen LogP contribution in [0.1, 0.15) is 23.3 Å². The zero-order valence-corrected chi connectivity index (χ0v) is 16.4. The molecule has 1 aliphatic carbocycles. The van der Waals surface area contributed by atoms with Gasteiger partial charge in [-0.3, -0.25) is 9.59 Å². The summed E-state index contributed by atoms with van der Waals surface area (Å²) >= 11 is 5.81. The van der Waals surface area contributed by atoms with E-state index >= 15 is 0 Å². The summed E-state index contributed by atoms with van der Waals surface area (Å²) in [7, 11) is 0. The summed E-state index contributed by atoms with van der Waals surface area (Å²) in [6.07, 6.45) is -1.38. The molecule has 0 spiro atoms. The fraction of sp³-hybridized carbons (Fsp3) is 0.474. The third kappa shape index (κ3) is 3.85. The molecule has 4 rings (SSSR count). The SMILES string of the molecule is O=C(COC1CC(F)(F)C1)N1CCN(C(=O)c2[nH]c3ccc(F)c(Cl)c3c2F)CC1. The standard InChI is InChI=1S/C19H18ClF4N3O3/c20-15-11(21)1-2-12-14(15)16(22)17(25-12)18(29)27-5-3-26(4-6-27)13(28)9-30-10-7-19(23,24)8-10/h1-2,10,25H,3-9H2. The van der Waals surface area contributed by atoms with Crippen molar-refractivity contribution in [2.24, 2.45) is 0 Å². The van der Waals surface area contributed by atoms with Crippen LogP contribution >= 0.6 is 11.6 Å². The van der Waals surface area contributed by atoms with Crippen LogP contribution in [0.3, 0.4) is 0 Å². The Bertz CT molecular complexity index is 997. The fourth-order valence-electron chi connectivity index (χ4n) is 3.65. The van der Waals surface area contributed by atoms with E-state index in [1.54, 1.807) is 0 Å². The van der Waals surface area contributed by atoms with Crippen molar-refractivity contribution in [1.29, 1.82) is 0 Å². The molecule has 0 bridgehead atoms. The second kappa shape index (κ2) is 7.73. The van der Waals surface area contributed by atoms with Gasteiger partial charge in [-0.15, -0.1) is 0 Å². The lowest BCUT2D eigenvalue weighted by Gasteiger charge is -2.36. The van der Waals surface area contributed by atoms with Gasteiger partial charge in [0.25, 0.3) is 11.8 Å². The van der Waals surface area contributed by atoms with Gasteiger partial charge in [-0.2, -0.15) is 0 Å². The number of benzene rings is 1. The second-order valence-electron chi connectivity index (χ2n) is 7.47. The molecule has 30 heavy (non-hydrogen) atoms. The summed E-state index contributed by atoms with van der Waals surface area (Å²) in [4.78, 5) is 30.4. The van der Waals surface area contributed by atoms with Gasteiger partial charge in [0.1, 0.15) is 18.1 Å². The summed E-state index contributed by atoms with van der Waals surface area (Å²) in [6, 6.07) is 2.37. The first-order valence-electron chi connectivity index (χ1n) is 9.38. The monoisotopic (exact) mass is 447 g/mol. The molecule has 1 saturated heterocycles. The van der Waals surface area contributed by atoms with Crippen molar-refractivity contribution in [3.63, 3.8) is 0 Å². The van der Waals surface area contributed by atoms with Crippen molar-refractivity contribution in [2.75, 3.05) is 32.8 Å². The molecule has 1 saturated carbocycles. The van der Waals surface area contributed by atoms with Gasteiger partial charge in [0.15, 0.2) is 5.82 Å². The number of rotatable bonds is 4. The Kier molecular flexibility index (Phi) is 5.39. The van der Waals surface area contributed by atoms with Crippen molar-refractivity contribution in [3.8, 4) is 0 Å². The number of H-pyrrole nitrogens is 1. The van der Waals surface area contributed by atoms with Gasteiger partial charge in [-0.25, -0.2) is 17.6 Å². The summed E-state index contributed by atoms with van der Waals surface area (Å²) in [5.74, 6) is -5.41. The van der Waals surface area contributed by atoms with Crippen molar-refractivity contribution in [2.45, 2.75) is 24.9 Å². The van der Waals surface area contributed by atoms with Crippen molar-refractivity contribution in [3.05, 3.63) is 34.5 Å². The third-order valence-electron chi connectivity index (χ3n) is 5.42. The lowest BCUT2D eigenvalue weighted by molar-refractivity contribution is -0.174. The molecule has 1 aliphatic heterocycles. The molecule has 1 aromatic carbocycles. The first-order chi connectivity index (χ1) is 14.2. The zero-order chi connectivity index (χ0) is 21.6. The number of nitrogens with zero attached hydrogens (tertiary/aromatic N) is 2. The van der Waals surface area contributed by atoms with Crippen LogP contribution in [-0.4, -0.2) is 71.4 Å². The lowest BCUT2D eigenvalue weighted by Crippen LogP contribution is -2.52. The van der Waals surface area contributed by atoms with E-state index in [1.807, 2.05) is 0 Å². The summed E-state index contributed by atoms with van der Waals surface area (Å²) in [5, 5.41) is -0.590. The van der Waals surface area contributed by atoms with E-state index in [4.69, 9.17) is 16.3 Å². The van der Waals surface area contributed by atoms with Crippen molar-refractivity contribution < 1.29 is 31.9 Å². The van der Waals surface area contributed by atoms with Crippen molar-refractivity contribution in [1.82, 2.24) is 14.8 Å². The predicted octanol–water partition coefficient (Wildman–Crippen LogP) is 3.20. The molecule has 162 valence electrons. The largest absolute Gasteiger partial charge is 0.368 e.